The fraction of sp³-hybridized carbons (Fsp3) is 0.0411. The SMILES string of the molecule is CC1(C)c2ccccc2-n2c3ccc(-c4ccc(N(c5ccc6ccccc6c5)c5ccc6ccccc6c5)cc4)cc3c3cc(-c4ccc(N(c5ccc6ccccc6c5)c5ccc6ccccc6c5)cc4)cc1c32. The predicted molar refractivity (Wildman–Crippen MR) is 323 cm³/mol. The smallest absolute Gasteiger partial charge is 0.0582 e. The molecule has 1 aromatic heterocycles. The summed E-state index contributed by atoms with van der Waals surface area (Å²) in [7, 11) is 0. The zero-order chi connectivity index (χ0) is 50.5. The zero-order valence-electron chi connectivity index (χ0n) is 42.3. The monoisotopic (exact) mass is 969 g/mol. The van der Waals surface area contributed by atoms with Crippen molar-refractivity contribution in [3.05, 3.63) is 284 Å². The molecular weight excluding hydrogens is 919 g/mol. The first-order valence-electron chi connectivity index (χ1n) is 26.4. The number of aromatic nitrogens is 1. The van der Waals surface area contributed by atoms with Gasteiger partial charge in [-0.25, -0.2) is 0 Å². The Morgan fingerprint density at radius 2 is 0.645 bits per heavy atom. The molecule has 15 rings (SSSR count). The maximum Gasteiger partial charge on any atom is 0.0582 e. The Balaban J connectivity index is 0.851. The third-order valence-electron chi connectivity index (χ3n) is 16.2. The van der Waals surface area contributed by atoms with Crippen LogP contribution >= 0.6 is 0 Å². The van der Waals surface area contributed by atoms with E-state index in [4.69, 9.17) is 0 Å². The van der Waals surface area contributed by atoms with Crippen molar-refractivity contribution in [2.45, 2.75) is 19.3 Å². The molecule has 0 N–H and O–H groups in total. The predicted octanol–water partition coefficient (Wildman–Crippen LogP) is 20.3. The number of hydrogen-bond donors (Lipinski definition) is 0. The second-order valence-corrected chi connectivity index (χ2v) is 21.0. The third kappa shape index (κ3) is 7.11. The van der Waals surface area contributed by atoms with E-state index in [1.807, 2.05) is 0 Å². The highest BCUT2D eigenvalue weighted by molar-refractivity contribution is 6.14. The van der Waals surface area contributed by atoms with E-state index < -0.39 is 0 Å². The Kier molecular flexibility index (Phi) is 9.92. The Hall–Kier alpha value is -9.70. The van der Waals surface area contributed by atoms with Crippen LogP contribution in [0.4, 0.5) is 34.1 Å². The van der Waals surface area contributed by atoms with E-state index in [9.17, 15) is 0 Å². The molecule has 0 radical (unpaired) electrons. The summed E-state index contributed by atoms with van der Waals surface area (Å²) >= 11 is 0. The first-order valence-corrected chi connectivity index (χ1v) is 26.4. The quantitative estimate of drug-likeness (QED) is 0.150. The lowest BCUT2D eigenvalue weighted by Crippen LogP contribution is -2.26. The maximum absolute atomic E-state index is 2.52. The van der Waals surface area contributed by atoms with E-state index in [0.717, 1.165) is 34.1 Å². The van der Waals surface area contributed by atoms with Crippen molar-refractivity contribution in [3.63, 3.8) is 0 Å². The van der Waals surface area contributed by atoms with Crippen LogP contribution in [0, 0.1) is 0 Å². The summed E-state index contributed by atoms with van der Waals surface area (Å²) in [6.07, 6.45) is 0. The largest absolute Gasteiger partial charge is 0.310 e. The second-order valence-electron chi connectivity index (χ2n) is 21.0. The summed E-state index contributed by atoms with van der Waals surface area (Å²) in [5.41, 5.74) is 17.6. The lowest BCUT2D eigenvalue weighted by Gasteiger charge is -2.35. The highest BCUT2D eigenvalue weighted by Crippen LogP contribution is 2.50. The molecule has 2 heterocycles. The molecule has 0 saturated carbocycles. The second kappa shape index (κ2) is 17.2. The third-order valence-corrected chi connectivity index (χ3v) is 16.2. The molecule has 0 saturated heterocycles. The van der Waals surface area contributed by atoms with E-state index in [1.165, 1.54) is 104 Å². The van der Waals surface area contributed by atoms with Crippen LogP contribution < -0.4 is 9.80 Å². The number of para-hydroxylation sites is 1. The number of benzene rings is 13. The molecule has 3 heteroatoms. The van der Waals surface area contributed by atoms with Crippen LogP contribution in [0.15, 0.2) is 273 Å². The molecule has 0 fully saturated rings. The summed E-state index contributed by atoms with van der Waals surface area (Å²) < 4.78 is 2.52. The zero-order valence-corrected chi connectivity index (χ0v) is 42.3. The Morgan fingerprint density at radius 1 is 0.276 bits per heavy atom. The first-order chi connectivity index (χ1) is 37.4. The van der Waals surface area contributed by atoms with E-state index in [-0.39, 0.29) is 5.41 Å². The molecule has 0 aliphatic carbocycles. The van der Waals surface area contributed by atoms with Crippen molar-refractivity contribution in [2.24, 2.45) is 0 Å². The van der Waals surface area contributed by atoms with Crippen LogP contribution in [-0.2, 0) is 5.41 Å². The van der Waals surface area contributed by atoms with Gasteiger partial charge in [-0.15, -0.1) is 0 Å². The molecule has 0 bridgehead atoms. The van der Waals surface area contributed by atoms with Crippen LogP contribution in [-0.4, -0.2) is 4.57 Å². The van der Waals surface area contributed by atoms with Crippen molar-refractivity contribution in [1.29, 1.82) is 0 Å². The fourth-order valence-corrected chi connectivity index (χ4v) is 12.3. The Bertz CT molecular complexity index is 4460. The topological polar surface area (TPSA) is 11.4 Å². The molecule has 14 aromatic rings. The standard InChI is InChI=1S/C73H51N3/c1-73(2)68-21-11-12-22-71(68)76-70-40-31-58(52-23-32-60(33-24-52)74(62-36-27-48-13-3-7-17-54(48)41-62)63-37-28-49-14-4-8-18-55(49)42-63)45-66(70)67-46-59(47-69(73)72(67)76)53-25-34-61(35-26-53)75(64-38-29-50-15-5-9-19-56(50)43-64)65-39-30-51-16-6-10-20-57(51)44-65/h3-47H,1-2H3. The summed E-state index contributed by atoms with van der Waals surface area (Å²) in [6, 6.07) is 101. The van der Waals surface area contributed by atoms with Crippen LogP contribution in [0.5, 0.6) is 0 Å². The summed E-state index contributed by atoms with van der Waals surface area (Å²) in [5.74, 6) is 0. The van der Waals surface area contributed by atoms with Crippen LogP contribution in [0.3, 0.4) is 0 Å². The number of nitrogens with zero attached hydrogens (tertiary/aromatic N) is 3. The van der Waals surface area contributed by atoms with Crippen LogP contribution in [0.25, 0.3) is 92.8 Å². The molecule has 1 aliphatic heterocycles. The molecular formula is C73H51N3. The maximum atomic E-state index is 2.52. The lowest BCUT2D eigenvalue weighted by atomic mass is 9.74. The minimum atomic E-state index is -0.237. The number of fused-ring (bicyclic) bond motifs is 9. The van der Waals surface area contributed by atoms with Gasteiger partial charge in [-0.3, -0.25) is 0 Å². The molecule has 0 spiro atoms. The van der Waals surface area contributed by atoms with Gasteiger partial charge >= 0.3 is 0 Å². The Labute approximate surface area is 442 Å². The molecule has 0 unspecified atom stereocenters. The number of anilines is 6. The minimum Gasteiger partial charge on any atom is -0.310 e. The lowest BCUT2D eigenvalue weighted by molar-refractivity contribution is 0.630. The van der Waals surface area contributed by atoms with Gasteiger partial charge in [0.25, 0.3) is 0 Å². The van der Waals surface area contributed by atoms with Gasteiger partial charge < -0.3 is 14.4 Å². The van der Waals surface area contributed by atoms with Crippen molar-refractivity contribution < 1.29 is 0 Å². The summed E-state index contributed by atoms with van der Waals surface area (Å²) in [4.78, 5) is 4.77. The average molecular weight is 970 g/mol. The van der Waals surface area contributed by atoms with Gasteiger partial charge in [0.15, 0.2) is 0 Å². The van der Waals surface area contributed by atoms with Gasteiger partial charge in [-0.05, 0) is 180 Å². The van der Waals surface area contributed by atoms with Crippen LogP contribution in [0.1, 0.15) is 25.0 Å². The molecule has 0 amide bonds. The van der Waals surface area contributed by atoms with Gasteiger partial charge in [0.05, 0.1) is 16.7 Å². The molecule has 76 heavy (non-hydrogen) atoms. The summed E-state index contributed by atoms with van der Waals surface area (Å²) in [5, 5.41) is 12.3. The van der Waals surface area contributed by atoms with E-state index in [1.54, 1.807) is 0 Å². The van der Waals surface area contributed by atoms with E-state index in [2.05, 4.69) is 301 Å². The highest BCUT2D eigenvalue weighted by atomic mass is 15.1. The fourth-order valence-electron chi connectivity index (χ4n) is 12.3. The number of rotatable bonds is 8. The minimum absolute atomic E-state index is 0.237. The van der Waals surface area contributed by atoms with Gasteiger partial charge in [0, 0.05) is 50.3 Å². The van der Waals surface area contributed by atoms with Gasteiger partial charge in [0.1, 0.15) is 0 Å². The van der Waals surface area contributed by atoms with Gasteiger partial charge in [-0.1, -0.05) is 184 Å². The van der Waals surface area contributed by atoms with Crippen LogP contribution in [0.2, 0.25) is 0 Å². The highest BCUT2D eigenvalue weighted by Gasteiger charge is 2.35. The first kappa shape index (κ1) is 43.8. The molecule has 13 aromatic carbocycles. The molecule has 3 nitrogen and oxygen atoms in total. The molecule has 1 aliphatic rings. The Morgan fingerprint density at radius 3 is 1.11 bits per heavy atom. The van der Waals surface area contributed by atoms with Gasteiger partial charge in [-0.2, -0.15) is 0 Å². The van der Waals surface area contributed by atoms with Crippen molar-refractivity contribution in [3.8, 4) is 27.9 Å². The van der Waals surface area contributed by atoms with Gasteiger partial charge in [0.2, 0.25) is 0 Å². The normalized spacial score (nSPS) is 12.7. The van der Waals surface area contributed by atoms with Crippen molar-refractivity contribution in [2.75, 3.05) is 9.80 Å². The molecule has 358 valence electrons. The number of hydrogen-bond acceptors (Lipinski definition) is 2. The van der Waals surface area contributed by atoms with E-state index in [0.29, 0.717) is 0 Å². The average Bonchev–Trinajstić information content (AvgIpc) is 4.03. The molecule has 0 atom stereocenters. The van der Waals surface area contributed by atoms with Crippen molar-refractivity contribution >= 4 is 99.0 Å². The van der Waals surface area contributed by atoms with Crippen molar-refractivity contribution in [1.82, 2.24) is 4.57 Å². The summed E-state index contributed by atoms with van der Waals surface area (Å²) in [6.45, 7) is 4.79. The van der Waals surface area contributed by atoms with E-state index >= 15 is 0 Å².